The Morgan fingerprint density at radius 3 is 2.27 bits per heavy atom. The predicted molar refractivity (Wildman–Crippen MR) is 126 cm³/mol. The van der Waals surface area contributed by atoms with Crippen molar-refractivity contribution >= 4 is 16.9 Å². The number of ether oxygens (including phenoxy) is 1. The van der Waals surface area contributed by atoms with Gasteiger partial charge in [0.2, 0.25) is 0 Å². The summed E-state index contributed by atoms with van der Waals surface area (Å²) in [5.41, 5.74) is 7.05. The molecule has 2 aromatic heterocycles. The maximum atomic E-state index is 5.54. The molecular weight excluding hydrogens is 372 g/mol. The number of aryl methyl sites for hydroxylation is 4. The van der Waals surface area contributed by atoms with Crippen LogP contribution in [0.25, 0.3) is 16.7 Å². The van der Waals surface area contributed by atoms with Crippen LogP contribution in [0.4, 0.5) is 5.82 Å². The Morgan fingerprint density at radius 2 is 1.70 bits per heavy atom. The van der Waals surface area contributed by atoms with Gasteiger partial charge in [-0.05, 0) is 70.2 Å². The monoisotopic (exact) mass is 408 g/mol. The maximum absolute atomic E-state index is 5.54. The van der Waals surface area contributed by atoms with Crippen molar-refractivity contribution in [3.8, 4) is 5.69 Å². The van der Waals surface area contributed by atoms with Crippen LogP contribution in [0.1, 0.15) is 67.8 Å². The minimum absolute atomic E-state index is 0.0763. The van der Waals surface area contributed by atoms with E-state index in [2.05, 4.69) is 69.3 Å². The van der Waals surface area contributed by atoms with Crippen LogP contribution in [-0.2, 0) is 4.74 Å². The number of benzene rings is 1. The second-order valence-electron chi connectivity index (χ2n) is 8.29. The van der Waals surface area contributed by atoms with Crippen LogP contribution in [0, 0.1) is 27.7 Å². The third-order valence-corrected chi connectivity index (χ3v) is 5.97. The number of methoxy groups -OCH3 is 1. The van der Waals surface area contributed by atoms with E-state index in [0.29, 0.717) is 0 Å². The molecule has 0 radical (unpaired) electrons. The summed E-state index contributed by atoms with van der Waals surface area (Å²) in [6.07, 6.45) is 4.63. The van der Waals surface area contributed by atoms with Gasteiger partial charge in [-0.2, -0.15) is 0 Å². The average molecular weight is 409 g/mol. The zero-order valence-corrected chi connectivity index (χ0v) is 19.8. The second-order valence-corrected chi connectivity index (χ2v) is 8.29. The summed E-state index contributed by atoms with van der Waals surface area (Å²) in [4.78, 5) is 12.1. The SMILES string of the molecule is CCCCN(CC)c1nc(C)nc2c1c(C)cn2-c1c(C)cc(C(C)OC)cc1C. The number of aromatic nitrogens is 3. The van der Waals surface area contributed by atoms with Gasteiger partial charge in [-0.1, -0.05) is 25.5 Å². The fourth-order valence-electron chi connectivity index (χ4n) is 4.29. The Bertz CT molecular complexity index is 1010. The largest absolute Gasteiger partial charge is 0.377 e. The molecule has 0 aliphatic heterocycles. The van der Waals surface area contributed by atoms with Crippen molar-refractivity contribution in [2.24, 2.45) is 0 Å². The molecule has 0 spiro atoms. The highest BCUT2D eigenvalue weighted by atomic mass is 16.5. The molecule has 0 saturated heterocycles. The van der Waals surface area contributed by atoms with Crippen LogP contribution in [-0.4, -0.2) is 34.7 Å². The van der Waals surface area contributed by atoms with Crippen LogP contribution < -0.4 is 4.90 Å². The van der Waals surface area contributed by atoms with Crippen molar-refractivity contribution in [1.29, 1.82) is 0 Å². The number of hydrogen-bond acceptors (Lipinski definition) is 4. The minimum atomic E-state index is 0.0763. The van der Waals surface area contributed by atoms with E-state index in [1.165, 1.54) is 34.4 Å². The van der Waals surface area contributed by atoms with Crippen LogP contribution in [0.2, 0.25) is 0 Å². The molecule has 1 aromatic carbocycles. The lowest BCUT2D eigenvalue weighted by Gasteiger charge is -2.23. The van der Waals surface area contributed by atoms with Crippen molar-refractivity contribution in [1.82, 2.24) is 14.5 Å². The quantitative estimate of drug-likeness (QED) is 0.459. The first-order valence-corrected chi connectivity index (χ1v) is 11.1. The molecule has 0 aliphatic rings. The maximum Gasteiger partial charge on any atom is 0.150 e. The standard InChI is InChI=1S/C25H36N4O/c1-9-11-12-28(10-2)24-22-18(5)15-29(25(22)27-20(7)26-24)23-16(3)13-21(14-17(23)4)19(6)30-8/h13-15,19H,9-12H2,1-8H3. The number of fused-ring (bicyclic) bond motifs is 1. The van der Waals surface area contributed by atoms with E-state index in [-0.39, 0.29) is 6.10 Å². The summed E-state index contributed by atoms with van der Waals surface area (Å²) < 4.78 is 7.79. The molecule has 1 atom stereocenters. The van der Waals surface area contributed by atoms with Crippen molar-refractivity contribution in [3.05, 3.63) is 46.4 Å². The molecule has 0 N–H and O–H groups in total. The Morgan fingerprint density at radius 1 is 1.03 bits per heavy atom. The number of rotatable bonds is 8. The molecular formula is C25H36N4O. The summed E-state index contributed by atoms with van der Waals surface area (Å²) in [6.45, 7) is 17.0. The molecule has 0 bridgehead atoms. The highest BCUT2D eigenvalue weighted by molar-refractivity contribution is 5.92. The fraction of sp³-hybridized carbons (Fsp3) is 0.520. The molecule has 0 fully saturated rings. The number of nitrogens with zero attached hydrogens (tertiary/aromatic N) is 4. The smallest absolute Gasteiger partial charge is 0.150 e. The molecule has 3 rings (SSSR count). The zero-order valence-electron chi connectivity index (χ0n) is 19.8. The highest BCUT2D eigenvalue weighted by Gasteiger charge is 2.20. The Kier molecular flexibility index (Phi) is 6.81. The Labute approximate surface area is 181 Å². The molecule has 0 saturated carbocycles. The zero-order chi connectivity index (χ0) is 22.0. The lowest BCUT2D eigenvalue weighted by atomic mass is 10.0. The minimum Gasteiger partial charge on any atom is -0.377 e. The first-order valence-electron chi connectivity index (χ1n) is 11.1. The van der Waals surface area contributed by atoms with Crippen LogP contribution in [0.15, 0.2) is 18.3 Å². The van der Waals surface area contributed by atoms with Gasteiger partial charge in [-0.25, -0.2) is 9.97 Å². The third kappa shape index (κ3) is 4.08. The summed E-state index contributed by atoms with van der Waals surface area (Å²) >= 11 is 0. The molecule has 5 nitrogen and oxygen atoms in total. The van der Waals surface area contributed by atoms with E-state index in [9.17, 15) is 0 Å². The van der Waals surface area contributed by atoms with E-state index in [0.717, 1.165) is 42.2 Å². The van der Waals surface area contributed by atoms with Crippen LogP contribution in [0.5, 0.6) is 0 Å². The lowest BCUT2D eigenvalue weighted by Crippen LogP contribution is -2.25. The van der Waals surface area contributed by atoms with E-state index < -0.39 is 0 Å². The Balaban J connectivity index is 2.23. The van der Waals surface area contributed by atoms with Gasteiger partial charge in [-0.3, -0.25) is 0 Å². The van der Waals surface area contributed by atoms with Gasteiger partial charge in [0.15, 0.2) is 5.65 Å². The lowest BCUT2D eigenvalue weighted by molar-refractivity contribution is 0.119. The number of unbranched alkanes of at least 4 members (excludes halogenated alkanes) is 1. The van der Waals surface area contributed by atoms with E-state index in [1.807, 2.05) is 6.92 Å². The summed E-state index contributed by atoms with van der Waals surface area (Å²) in [5, 5.41) is 1.16. The van der Waals surface area contributed by atoms with Gasteiger partial charge < -0.3 is 14.2 Å². The predicted octanol–water partition coefficient (Wildman–Crippen LogP) is 5.99. The molecule has 0 aliphatic carbocycles. The van der Waals surface area contributed by atoms with E-state index >= 15 is 0 Å². The normalized spacial score (nSPS) is 12.5. The van der Waals surface area contributed by atoms with E-state index in [4.69, 9.17) is 14.7 Å². The summed E-state index contributed by atoms with van der Waals surface area (Å²) in [6, 6.07) is 4.46. The second kappa shape index (κ2) is 9.17. The highest BCUT2D eigenvalue weighted by Crippen LogP contribution is 2.34. The summed E-state index contributed by atoms with van der Waals surface area (Å²) in [7, 11) is 1.76. The van der Waals surface area contributed by atoms with Crippen LogP contribution >= 0.6 is 0 Å². The van der Waals surface area contributed by atoms with Crippen molar-refractivity contribution in [3.63, 3.8) is 0 Å². The molecule has 162 valence electrons. The van der Waals surface area contributed by atoms with Crippen molar-refractivity contribution in [2.75, 3.05) is 25.1 Å². The van der Waals surface area contributed by atoms with Crippen LogP contribution in [0.3, 0.4) is 0 Å². The van der Waals surface area contributed by atoms with Crippen molar-refractivity contribution in [2.45, 2.75) is 67.4 Å². The topological polar surface area (TPSA) is 43.2 Å². The molecule has 30 heavy (non-hydrogen) atoms. The number of hydrogen-bond donors (Lipinski definition) is 0. The van der Waals surface area contributed by atoms with Gasteiger partial charge >= 0.3 is 0 Å². The summed E-state index contributed by atoms with van der Waals surface area (Å²) in [5.74, 6) is 1.87. The van der Waals surface area contributed by atoms with Gasteiger partial charge in [0.25, 0.3) is 0 Å². The molecule has 5 heteroatoms. The average Bonchev–Trinajstić information content (AvgIpc) is 3.03. The van der Waals surface area contributed by atoms with Gasteiger partial charge in [0.05, 0.1) is 17.2 Å². The molecule has 1 unspecified atom stereocenters. The Hall–Kier alpha value is -2.40. The van der Waals surface area contributed by atoms with Crippen molar-refractivity contribution < 1.29 is 4.74 Å². The first kappa shape index (κ1) is 22.3. The fourth-order valence-corrected chi connectivity index (χ4v) is 4.29. The van der Waals surface area contributed by atoms with E-state index in [1.54, 1.807) is 7.11 Å². The van der Waals surface area contributed by atoms with Gasteiger partial charge in [0.1, 0.15) is 11.6 Å². The first-order chi connectivity index (χ1) is 14.3. The van der Waals surface area contributed by atoms with Gasteiger partial charge in [-0.15, -0.1) is 0 Å². The molecule has 0 amide bonds. The third-order valence-electron chi connectivity index (χ3n) is 5.97. The molecule has 3 aromatic rings. The number of anilines is 1. The molecule has 2 heterocycles. The van der Waals surface area contributed by atoms with Gasteiger partial charge in [0, 0.05) is 26.4 Å².